The highest BCUT2D eigenvalue weighted by Gasteiger charge is 2.73. The number of aliphatic hydroxyl groups is 2. The number of aliphatic hydroxyl groups excluding tert-OH is 2. The first-order valence-electron chi connectivity index (χ1n) is 13.2. The summed E-state index contributed by atoms with van der Waals surface area (Å²) in [7, 11) is 3.93. The van der Waals surface area contributed by atoms with Crippen LogP contribution in [0.5, 0.6) is 0 Å². The van der Waals surface area contributed by atoms with Gasteiger partial charge in [0.15, 0.2) is 0 Å². The highest BCUT2D eigenvalue weighted by molar-refractivity contribution is 6.26. The van der Waals surface area contributed by atoms with E-state index in [9.17, 15) is 10.2 Å². The maximum absolute atomic E-state index is 11.2. The largest absolute Gasteiger partial charge is 0.388 e. The molecule has 2 bridgehead atoms. The molecule has 0 amide bonds. The molecule has 2 aromatic rings. The normalized spacial score (nSPS) is 45.2. The van der Waals surface area contributed by atoms with Crippen molar-refractivity contribution in [1.82, 2.24) is 15.1 Å². The van der Waals surface area contributed by atoms with Crippen LogP contribution in [0.15, 0.2) is 48.3 Å². The summed E-state index contributed by atoms with van der Waals surface area (Å²) in [6.07, 6.45) is 11.4. The standard InChI is InChI=1S/C29H34ClN3O3/c1-26-8-10-28(30)13-21-24(34)25(35)22(33(2)3)14-27(21)9-11-29(28,36-27)23(26)7-6-20(26)17-4-5-18-15-31-32-16-19(18)12-17/h4-6,12-13,15-16,22-25,34-35H,7-11,14H2,1-3H3/t22-,23?,24+,25+,26+,27+,28?,29-/m0/s1. The minimum absolute atomic E-state index is 0.0584. The number of allylic oxidation sites excluding steroid dienone is 2. The molecule has 7 rings (SSSR count). The molecule has 3 heterocycles. The molecule has 7 heteroatoms. The Kier molecular flexibility index (Phi) is 4.78. The Labute approximate surface area is 217 Å². The smallest absolute Gasteiger partial charge is 0.105 e. The van der Waals surface area contributed by atoms with Crippen LogP contribution in [0.1, 0.15) is 51.0 Å². The van der Waals surface area contributed by atoms with Gasteiger partial charge in [-0.05, 0) is 80.8 Å². The molecule has 5 aliphatic rings. The van der Waals surface area contributed by atoms with Crippen LogP contribution in [0.4, 0.5) is 0 Å². The van der Waals surface area contributed by atoms with E-state index in [2.05, 4.69) is 47.5 Å². The quantitative estimate of drug-likeness (QED) is 0.471. The molecule has 2 saturated carbocycles. The molecule has 0 radical (unpaired) electrons. The third-order valence-corrected chi connectivity index (χ3v) is 11.1. The molecule has 8 atom stereocenters. The van der Waals surface area contributed by atoms with E-state index in [1.807, 2.05) is 31.4 Å². The van der Waals surface area contributed by atoms with Gasteiger partial charge in [-0.2, -0.15) is 10.2 Å². The van der Waals surface area contributed by atoms with E-state index in [-0.39, 0.29) is 17.4 Å². The fraction of sp³-hybridized carbons (Fsp3) is 0.586. The van der Waals surface area contributed by atoms with Gasteiger partial charge in [-0.25, -0.2) is 0 Å². The topological polar surface area (TPSA) is 78.7 Å². The van der Waals surface area contributed by atoms with Crippen molar-refractivity contribution in [3.8, 4) is 0 Å². The van der Waals surface area contributed by atoms with Gasteiger partial charge in [0.25, 0.3) is 0 Å². The van der Waals surface area contributed by atoms with Crippen LogP contribution in [0, 0.1) is 11.3 Å². The number of benzene rings is 1. The third-order valence-electron chi connectivity index (χ3n) is 10.5. The number of hydrogen-bond donors (Lipinski definition) is 2. The Morgan fingerprint density at radius 2 is 1.83 bits per heavy atom. The fourth-order valence-electron chi connectivity index (χ4n) is 8.59. The summed E-state index contributed by atoms with van der Waals surface area (Å²) in [5, 5.41) is 32.4. The van der Waals surface area contributed by atoms with Crippen molar-refractivity contribution < 1.29 is 14.9 Å². The van der Waals surface area contributed by atoms with Crippen molar-refractivity contribution in [3.05, 3.63) is 53.9 Å². The molecule has 3 aliphatic carbocycles. The SMILES string of the molecule is CN(C)[C@H]1C[C@@]23CC[C@]4(O2)C2CC=C(c5ccc6cnncc6c5)[C@@]2(C)CCC4(Cl)C=C3[C@@H](O)[C@@H]1O. The minimum atomic E-state index is -0.954. The van der Waals surface area contributed by atoms with E-state index in [0.29, 0.717) is 6.42 Å². The first kappa shape index (κ1) is 23.3. The van der Waals surface area contributed by atoms with Gasteiger partial charge < -0.3 is 19.8 Å². The summed E-state index contributed by atoms with van der Waals surface area (Å²) in [5.74, 6) is 0.247. The summed E-state index contributed by atoms with van der Waals surface area (Å²) in [4.78, 5) is 1.33. The Bertz CT molecular complexity index is 1330. The maximum Gasteiger partial charge on any atom is 0.105 e. The zero-order valence-corrected chi connectivity index (χ0v) is 21.9. The van der Waals surface area contributed by atoms with Crippen LogP contribution in [-0.4, -0.2) is 73.7 Å². The maximum atomic E-state index is 11.2. The number of ether oxygens (including phenoxy) is 1. The van der Waals surface area contributed by atoms with Crippen LogP contribution in [0.25, 0.3) is 16.3 Å². The zero-order chi connectivity index (χ0) is 25.1. The summed E-state index contributed by atoms with van der Waals surface area (Å²) < 4.78 is 7.27. The second-order valence-corrected chi connectivity index (χ2v) is 12.9. The monoisotopic (exact) mass is 507 g/mol. The number of likely N-dealkylation sites (N-methyl/N-ethyl adjacent to an activating group) is 1. The molecule has 2 N–H and O–H groups in total. The Morgan fingerprint density at radius 1 is 1.06 bits per heavy atom. The first-order chi connectivity index (χ1) is 17.1. The fourth-order valence-corrected chi connectivity index (χ4v) is 9.07. The van der Waals surface area contributed by atoms with E-state index in [1.54, 1.807) is 0 Å². The third kappa shape index (κ3) is 2.77. The Balaban J connectivity index is 1.30. The van der Waals surface area contributed by atoms with Crippen LogP contribution in [0.3, 0.4) is 0 Å². The molecule has 2 spiro atoms. The lowest BCUT2D eigenvalue weighted by atomic mass is 9.54. The molecule has 1 aromatic heterocycles. The van der Waals surface area contributed by atoms with Gasteiger partial charge in [-0.15, -0.1) is 11.6 Å². The molecule has 190 valence electrons. The number of halogens is 1. The van der Waals surface area contributed by atoms with Crippen molar-refractivity contribution >= 4 is 27.9 Å². The van der Waals surface area contributed by atoms with E-state index >= 15 is 0 Å². The summed E-state index contributed by atoms with van der Waals surface area (Å²) in [6, 6.07) is 6.42. The lowest BCUT2D eigenvalue weighted by molar-refractivity contribution is -0.199. The van der Waals surface area contributed by atoms with Crippen molar-refractivity contribution in [1.29, 1.82) is 0 Å². The van der Waals surface area contributed by atoms with Crippen molar-refractivity contribution in [2.24, 2.45) is 11.3 Å². The van der Waals surface area contributed by atoms with Crippen LogP contribution >= 0.6 is 11.6 Å². The molecular formula is C29H34ClN3O3. The molecule has 6 nitrogen and oxygen atoms in total. The van der Waals surface area contributed by atoms with Gasteiger partial charge >= 0.3 is 0 Å². The first-order valence-corrected chi connectivity index (χ1v) is 13.6. The molecule has 1 aromatic carbocycles. The second kappa shape index (κ2) is 7.39. The van der Waals surface area contributed by atoms with Crippen molar-refractivity contribution in [2.45, 2.75) is 79.8 Å². The summed E-state index contributed by atoms with van der Waals surface area (Å²) in [6.45, 7) is 2.40. The molecule has 2 unspecified atom stereocenters. The number of alkyl halides is 1. The Hall–Kier alpha value is -1.83. The predicted octanol–water partition coefficient (Wildman–Crippen LogP) is 4.09. The number of fused-ring (bicyclic) bond motifs is 2. The lowest BCUT2D eigenvalue weighted by Gasteiger charge is -2.61. The average molecular weight is 508 g/mol. The molecule has 3 fully saturated rings. The van der Waals surface area contributed by atoms with E-state index < -0.39 is 28.3 Å². The van der Waals surface area contributed by atoms with Crippen molar-refractivity contribution in [2.75, 3.05) is 14.1 Å². The van der Waals surface area contributed by atoms with E-state index in [0.717, 1.165) is 48.4 Å². The van der Waals surface area contributed by atoms with Crippen LogP contribution in [0.2, 0.25) is 0 Å². The average Bonchev–Trinajstić information content (AvgIpc) is 3.39. The van der Waals surface area contributed by atoms with E-state index in [4.69, 9.17) is 16.3 Å². The van der Waals surface area contributed by atoms with E-state index in [1.165, 1.54) is 11.1 Å². The number of nitrogens with zero attached hydrogens (tertiary/aromatic N) is 3. The van der Waals surface area contributed by atoms with Gasteiger partial charge in [0, 0.05) is 22.7 Å². The molecule has 2 aliphatic heterocycles. The number of aromatic nitrogens is 2. The molecule has 36 heavy (non-hydrogen) atoms. The summed E-state index contributed by atoms with van der Waals surface area (Å²) in [5.41, 5.74) is 2.31. The van der Waals surface area contributed by atoms with Gasteiger partial charge in [0.1, 0.15) is 6.10 Å². The van der Waals surface area contributed by atoms with Crippen molar-refractivity contribution in [3.63, 3.8) is 0 Å². The zero-order valence-electron chi connectivity index (χ0n) is 21.1. The van der Waals surface area contributed by atoms with Crippen LogP contribution in [-0.2, 0) is 4.74 Å². The van der Waals surface area contributed by atoms with Gasteiger partial charge in [0.2, 0.25) is 0 Å². The highest BCUT2D eigenvalue weighted by Crippen LogP contribution is 2.71. The lowest BCUT2D eigenvalue weighted by Crippen LogP contribution is -2.68. The van der Waals surface area contributed by atoms with Gasteiger partial charge in [-0.3, -0.25) is 0 Å². The predicted molar refractivity (Wildman–Crippen MR) is 140 cm³/mol. The van der Waals surface area contributed by atoms with Crippen LogP contribution < -0.4 is 0 Å². The van der Waals surface area contributed by atoms with Gasteiger partial charge in [0.05, 0.1) is 34.6 Å². The molecular weight excluding hydrogens is 474 g/mol. The Morgan fingerprint density at radius 3 is 2.61 bits per heavy atom. The number of hydrogen-bond acceptors (Lipinski definition) is 6. The summed E-state index contributed by atoms with van der Waals surface area (Å²) >= 11 is 7.55. The second-order valence-electron chi connectivity index (χ2n) is 12.3. The number of rotatable bonds is 2. The minimum Gasteiger partial charge on any atom is -0.388 e. The molecule has 1 saturated heterocycles. The van der Waals surface area contributed by atoms with Gasteiger partial charge in [-0.1, -0.05) is 31.2 Å². The highest BCUT2D eigenvalue weighted by atomic mass is 35.5.